The first-order chi connectivity index (χ1) is 11.5. The van der Waals surface area contributed by atoms with Gasteiger partial charge in [-0.3, -0.25) is 9.59 Å². The fraction of sp³-hybridized carbons (Fsp3) is 0.389. The van der Waals surface area contributed by atoms with E-state index < -0.39 is 5.97 Å². The number of carboxylic acid groups (broad SMARTS) is 1. The number of amides is 1. The van der Waals surface area contributed by atoms with Crippen LogP contribution < -0.4 is 5.32 Å². The Morgan fingerprint density at radius 3 is 2.75 bits per heavy atom. The Hall–Kier alpha value is -2.63. The third-order valence-corrected chi connectivity index (χ3v) is 4.40. The van der Waals surface area contributed by atoms with Crippen molar-refractivity contribution in [3.63, 3.8) is 0 Å². The highest BCUT2D eigenvalue weighted by atomic mass is 16.4. The summed E-state index contributed by atoms with van der Waals surface area (Å²) < 4.78 is 1.73. The first kappa shape index (κ1) is 16.2. The van der Waals surface area contributed by atoms with Gasteiger partial charge in [-0.2, -0.15) is 5.10 Å². The number of carbonyl (C=O) groups excluding carboxylic acids is 1. The number of hydrogen-bond donors (Lipinski definition) is 2. The number of rotatable bonds is 6. The number of aliphatic carboxylic acids is 1. The quantitative estimate of drug-likeness (QED) is 0.853. The van der Waals surface area contributed by atoms with E-state index >= 15 is 0 Å². The summed E-state index contributed by atoms with van der Waals surface area (Å²) in [7, 11) is 0. The molecule has 1 amide bonds. The Labute approximate surface area is 140 Å². The van der Waals surface area contributed by atoms with Crippen LogP contribution in [-0.4, -0.2) is 32.8 Å². The molecule has 2 aromatic rings. The summed E-state index contributed by atoms with van der Waals surface area (Å²) in [4.78, 5) is 23.5. The lowest BCUT2D eigenvalue weighted by Gasteiger charge is -2.16. The molecule has 0 bridgehead atoms. The van der Waals surface area contributed by atoms with Crippen molar-refractivity contribution < 1.29 is 14.7 Å². The molecule has 1 heterocycles. The van der Waals surface area contributed by atoms with Crippen molar-refractivity contribution in [2.45, 2.75) is 39.2 Å². The Morgan fingerprint density at radius 2 is 2.12 bits per heavy atom. The maximum Gasteiger partial charge on any atom is 0.305 e. The van der Waals surface area contributed by atoms with Crippen LogP contribution >= 0.6 is 0 Å². The number of carboxylic acids is 1. The highest BCUT2D eigenvalue weighted by Gasteiger charge is 2.34. The molecular formula is C18H21N3O3. The lowest BCUT2D eigenvalue weighted by molar-refractivity contribution is -0.137. The van der Waals surface area contributed by atoms with Gasteiger partial charge in [0, 0.05) is 6.04 Å². The molecule has 1 atom stereocenters. The SMILES string of the molecule is Cc1cccc(-n2ncc(C(=O)N[C@@H](CC(=O)O)C3CC3)c2C)c1. The van der Waals surface area contributed by atoms with Crippen LogP contribution in [0.15, 0.2) is 30.5 Å². The molecule has 6 heteroatoms. The van der Waals surface area contributed by atoms with Crippen molar-refractivity contribution in [2.75, 3.05) is 0 Å². The molecule has 1 saturated carbocycles. The van der Waals surface area contributed by atoms with Crippen molar-refractivity contribution in [3.05, 3.63) is 47.3 Å². The molecule has 1 aliphatic rings. The smallest absolute Gasteiger partial charge is 0.305 e. The van der Waals surface area contributed by atoms with Crippen molar-refractivity contribution in [1.82, 2.24) is 15.1 Å². The topological polar surface area (TPSA) is 84.2 Å². The van der Waals surface area contributed by atoms with Gasteiger partial charge in [0.05, 0.1) is 29.6 Å². The second-order valence-corrected chi connectivity index (χ2v) is 6.41. The van der Waals surface area contributed by atoms with Crippen molar-refractivity contribution in [3.8, 4) is 5.69 Å². The van der Waals surface area contributed by atoms with Crippen molar-refractivity contribution in [2.24, 2.45) is 5.92 Å². The highest BCUT2D eigenvalue weighted by molar-refractivity contribution is 5.95. The zero-order chi connectivity index (χ0) is 17.3. The second kappa shape index (κ2) is 6.47. The van der Waals surface area contributed by atoms with Gasteiger partial charge in [0.1, 0.15) is 0 Å². The highest BCUT2D eigenvalue weighted by Crippen LogP contribution is 2.34. The summed E-state index contributed by atoms with van der Waals surface area (Å²) in [6.07, 6.45) is 3.44. The summed E-state index contributed by atoms with van der Waals surface area (Å²) in [5, 5.41) is 16.2. The first-order valence-corrected chi connectivity index (χ1v) is 8.10. The maximum absolute atomic E-state index is 12.5. The predicted octanol–water partition coefficient (Wildman–Crippen LogP) is 2.47. The van der Waals surface area contributed by atoms with E-state index in [1.54, 1.807) is 4.68 Å². The molecule has 1 aromatic carbocycles. The summed E-state index contributed by atoms with van der Waals surface area (Å²) in [6.45, 7) is 3.84. The van der Waals surface area contributed by atoms with Crippen molar-refractivity contribution in [1.29, 1.82) is 0 Å². The van der Waals surface area contributed by atoms with E-state index in [0.717, 1.165) is 29.8 Å². The fourth-order valence-electron chi connectivity index (χ4n) is 2.92. The molecule has 6 nitrogen and oxygen atoms in total. The summed E-state index contributed by atoms with van der Waals surface area (Å²) >= 11 is 0. The maximum atomic E-state index is 12.5. The molecule has 0 spiro atoms. The Morgan fingerprint density at radius 1 is 1.38 bits per heavy atom. The van der Waals surface area contributed by atoms with Crippen LogP contribution in [0, 0.1) is 19.8 Å². The molecule has 24 heavy (non-hydrogen) atoms. The van der Waals surface area contributed by atoms with Gasteiger partial charge in [0.15, 0.2) is 0 Å². The molecule has 126 valence electrons. The van der Waals surface area contributed by atoms with Gasteiger partial charge >= 0.3 is 5.97 Å². The first-order valence-electron chi connectivity index (χ1n) is 8.10. The van der Waals surface area contributed by atoms with E-state index in [0.29, 0.717) is 5.56 Å². The molecule has 1 fully saturated rings. The van der Waals surface area contributed by atoms with E-state index in [1.165, 1.54) is 6.20 Å². The van der Waals surface area contributed by atoms with Crippen molar-refractivity contribution >= 4 is 11.9 Å². The molecule has 0 saturated heterocycles. The van der Waals surface area contributed by atoms with Crippen LogP contribution in [-0.2, 0) is 4.79 Å². The number of carbonyl (C=O) groups is 2. The standard InChI is InChI=1S/C18H21N3O3/c1-11-4-3-5-14(8-11)21-12(2)15(10-19-21)18(24)20-16(9-17(22)23)13-6-7-13/h3-5,8,10,13,16H,6-7,9H2,1-2H3,(H,20,24)(H,22,23)/t16-/m0/s1. The minimum atomic E-state index is -0.889. The summed E-state index contributed by atoms with van der Waals surface area (Å²) in [5.74, 6) is -0.874. The third-order valence-electron chi connectivity index (χ3n) is 4.40. The Kier molecular flexibility index (Phi) is 4.38. The molecule has 3 rings (SSSR count). The lowest BCUT2D eigenvalue weighted by Crippen LogP contribution is -2.38. The second-order valence-electron chi connectivity index (χ2n) is 6.41. The zero-order valence-electron chi connectivity index (χ0n) is 13.8. The van der Waals surface area contributed by atoms with Crippen LogP contribution in [0.25, 0.3) is 5.69 Å². The van der Waals surface area contributed by atoms with E-state index in [2.05, 4.69) is 10.4 Å². The van der Waals surface area contributed by atoms with Gasteiger partial charge in [-0.15, -0.1) is 0 Å². The average molecular weight is 327 g/mol. The minimum absolute atomic E-state index is 0.0402. The molecule has 0 aliphatic heterocycles. The molecule has 0 unspecified atom stereocenters. The van der Waals surface area contributed by atoms with Gasteiger partial charge in [0.25, 0.3) is 5.91 Å². The van der Waals surface area contributed by atoms with E-state index in [1.807, 2.05) is 38.1 Å². The minimum Gasteiger partial charge on any atom is -0.481 e. The number of benzene rings is 1. The van der Waals surface area contributed by atoms with Crippen LogP contribution in [0.2, 0.25) is 0 Å². The normalized spacial score (nSPS) is 15.1. The number of hydrogen-bond acceptors (Lipinski definition) is 3. The van der Waals surface area contributed by atoms with Crippen LogP contribution in [0.3, 0.4) is 0 Å². The predicted molar refractivity (Wildman–Crippen MR) is 89.3 cm³/mol. The van der Waals surface area contributed by atoms with Gasteiger partial charge in [-0.1, -0.05) is 12.1 Å². The van der Waals surface area contributed by atoms with Gasteiger partial charge < -0.3 is 10.4 Å². The van der Waals surface area contributed by atoms with Crippen LogP contribution in [0.5, 0.6) is 0 Å². The Bertz CT molecular complexity index is 778. The number of nitrogens with one attached hydrogen (secondary N) is 1. The largest absolute Gasteiger partial charge is 0.481 e. The van der Waals surface area contributed by atoms with E-state index in [9.17, 15) is 9.59 Å². The third kappa shape index (κ3) is 3.48. The number of nitrogens with zero attached hydrogens (tertiary/aromatic N) is 2. The summed E-state index contributed by atoms with van der Waals surface area (Å²) in [6, 6.07) is 7.58. The average Bonchev–Trinajstić information content (AvgIpc) is 3.29. The molecule has 0 radical (unpaired) electrons. The fourth-order valence-corrected chi connectivity index (χ4v) is 2.92. The van der Waals surface area contributed by atoms with Crippen LogP contribution in [0.1, 0.15) is 40.9 Å². The molecular weight excluding hydrogens is 306 g/mol. The summed E-state index contributed by atoms with van der Waals surface area (Å²) in [5.41, 5.74) is 3.23. The number of aryl methyl sites for hydroxylation is 1. The number of aromatic nitrogens is 2. The zero-order valence-corrected chi connectivity index (χ0v) is 13.8. The molecule has 2 N–H and O–H groups in total. The van der Waals surface area contributed by atoms with Gasteiger partial charge in [-0.25, -0.2) is 4.68 Å². The monoisotopic (exact) mass is 327 g/mol. The van der Waals surface area contributed by atoms with Gasteiger partial charge in [0.2, 0.25) is 0 Å². The van der Waals surface area contributed by atoms with Gasteiger partial charge in [-0.05, 0) is 50.3 Å². The van der Waals surface area contributed by atoms with E-state index in [4.69, 9.17) is 5.11 Å². The van der Waals surface area contributed by atoms with E-state index in [-0.39, 0.29) is 24.3 Å². The molecule has 1 aliphatic carbocycles. The van der Waals surface area contributed by atoms with Crippen LogP contribution in [0.4, 0.5) is 0 Å². The molecule has 1 aromatic heterocycles. The lowest BCUT2D eigenvalue weighted by atomic mass is 10.1. The Balaban J connectivity index is 1.79.